The highest BCUT2D eigenvalue weighted by Crippen LogP contribution is 2.24. The third-order valence-electron chi connectivity index (χ3n) is 6.57. The summed E-state index contributed by atoms with van der Waals surface area (Å²) in [6.45, 7) is 3.19. The highest BCUT2D eigenvalue weighted by molar-refractivity contribution is 7.99. The van der Waals surface area contributed by atoms with Crippen molar-refractivity contribution in [2.24, 2.45) is 0 Å². The molecule has 3 aromatic carbocycles. The molecule has 1 aliphatic heterocycles. The predicted molar refractivity (Wildman–Crippen MR) is 159 cm³/mol. The lowest BCUT2D eigenvalue weighted by atomic mass is 10.2. The monoisotopic (exact) mass is 624 g/mol. The number of amides is 2. The van der Waals surface area contributed by atoms with Gasteiger partial charge in [-0.15, -0.1) is 10.2 Å². The molecule has 11 nitrogen and oxygen atoms in total. The van der Waals surface area contributed by atoms with Gasteiger partial charge in [0.05, 0.1) is 36.1 Å². The number of anilines is 1. The molecule has 2 heterocycles. The van der Waals surface area contributed by atoms with Crippen molar-refractivity contribution in [3.63, 3.8) is 0 Å². The van der Waals surface area contributed by atoms with Crippen LogP contribution >= 0.6 is 11.8 Å². The minimum absolute atomic E-state index is 0.00951. The molecule has 1 aliphatic rings. The van der Waals surface area contributed by atoms with Gasteiger partial charge < -0.3 is 15.4 Å². The summed E-state index contributed by atoms with van der Waals surface area (Å²) in [5.74, 6) is -1.00. The van der Waals surface area contributed by atoms with Gasteiger partial charge in [0.1, 0.15) is 5.82 Å². The lowest BCUT2D eigenvalue weighted by Gasteiger charge is -2.26. The van der Waals surface area contributed by atoms with Crippen molar-refractivity contribution in [2.45, 2.75) is 23.5 Å². The second-order valence-corrected chi connectivity index (χ2v) is 12.5. The lowest BCUT2D eigenvalue weighted by Crippen LogP contribution is -2.40. The van der Waals surface area contributed by atoms with Gasteiger partial charge in [-0.2, -0.15) is 4.31 Å². The maximum absolute atomic E-state index is 13.9. The van der Waals surface area contributed by atoms with Crippen LogP contribution in [0.3, 0.4) is 0 Å². The van der Waals surface area contributed by atoms with E-state index in [4.69, 9.17) is 4.74 Å². The average Bonchev–Trinajstić information content (AvgIpc) is 3.43. The maximum Gasteiger partial charge on any atom is 0.251 e. The van der Waals surface area contributed by atoms with E-state index in [2.05, 4.69) is 20.8 Å². The minimum Gasteiger partial charge on any atom is -0.379 e. The van der Waals surface area contributed by atoms with Crippen molar-refractivity contribution in [1.82, 2.24) is 24.4 Å². The van der Waals surface area contributed by atoms with E-state index in [1.807, 2.05) is 31.2 Å². The number of para-hydroxylation sites is 1. The van der Waals surface area contributed by atoms with Crippen molar-refractivity contribution < 1.29 is 27.1 Å². The molecule has 5 rings (SSSR count). The second-order valence-electron chi connectivity index (χ2n) is 9.61. The van der Waals surface area contributed by atoms with Crippen LogP contribution in [0.4, 0.5) is 10.1 Å². The van der Waals surface area contributed by atoms with E-state index in [0.717, 1.165) is 23.0 Å². The molecule has 0 aliphatic carbocycles. The zero-order valence-electron chi connectivity index (χ0n) is 23.2. The number of benzene rings is 3. The minimum atomic E-state index is -3.68. The molecule has 4 aromatic rings. The Kier molecular flexibility index (Phi) is 9.50. The van der Waals surface area contributed by atoms with E-state index < -0.39 is 27.7 Å². The molecule has 2 N–H and O–H groups in total. The Hall–Kier alpha value is -4.11. The smallest absolute Gasteiger partial charge is 0.251 e. The van der Waals surface area contributed by atoms with E-state index in [1.165, 1.54) is 46.8 Å². The number of carbonyl (C=O) groups is 2. The topological polar surface area (TPSA) is 136 Å². The zero-order valence-corrected chi connectivity index (χ0v) is 24.8. The number of halogens is 1. The first-order valence-corrected chi connectivity index (χ1v) is 15.8. The quantitative estimate of drug-likeness (QED) is 0.257. The molecule has 0 unspecified atom stereocenters. The number of morpholine rings is 1. The molecule has 14 heteroatoms. The number of aryl methyl sites for hydroxylation is 1. The Morgan fingerprint density at radius 2 is 1.74 bits per heavy atom. The highest BCUT2D eigenvalue weighted by atomic mass is 32.2. The van der Waals surface area contributed by atoms with Crippen LogP contribution in [0.15, 0.2) is 82.8 Å². The number of nitrogens with zero attached hydrogens (tertiary/aromatic N) is 4. The molecule has 0 atom stereocenters. The number of nitrogens with one attached hydrogen (secondary N) is 2. The van der Waals surface area contributed by atoms with Crippen molar-refractivity contribution in [3.05, 3.63) is 95.6 Å². The number of sulfonamides is 1. The van der Waals surface area contributed by atoms with Crippen LogP contribution in [0, 0.1) is 12.7 Å². The third kappa shape index (κ3) is 7.28. The van der Waals surface area contributed by atoms with Gasteiger partial charge in [0.2, 0.25) is 15.9 Å². The van der Waals surface area contributed by atoms with Crippen LogP contribution < -0.4 is 10.6 Å². The van der Waals surface area contributed by atoms with E-state index in [0.29, 0.717) is 24.2 Å². The Balaban J connectivity index is 1.28. The maximum atomic E-state index is 13.9. The molecule has 0 saturated carbocycles. The number of hydrogen-bond acceptors (Lipinski definition) is 8. The third-order valence-corrected chi connectivity index (χ3v) is 9.41. The number of aromatic nitrogens is 3. The number of rotatable bonds is 10. The van der Waals surface area contributed by atoms with Gasteiger partial charge in [0.25, 0.3) is 5.91 Å². The standard InChI is InChI=1S/C29H29FN6O5S2/c1-20-5-4-6-22(17-20)36-26(33-34-29(36)42-19-27(37)32-25-8-3-2-7-24(25)30)18-31-28(38)21-9-11-23(12-10-21)43(39,40)35-13-15-41-16-14-35/h2-12,17H,13-16,18-19H2,1H3,(H,31,38)(H,32,37). The molecule has 1 saturated heterocycles. The molecule has 1 fully saturated rings. The highest BCUT2D eigenvalue weighted by Gasteiger charge is 2.26. The van der Waals surface area contributed by atoms with E-state index >= 15 is 0 Å². The van der Waals surface area contributed by atoms with E-state index in [-0.39, 0.29) is 41.5 Å². The van der Waals surface area contributed by atoms with Gasteiger partial charge >= 0.3 is 0 Å². The van der Waals surface area contributed by atoms with Crippen LogP contribution in [0.2, 0.25) is 0 Å². The average molecular weight is 625 g/mol. The molecular formula is C29H29FN6O5S2. The van der Waals surface area contributed by atoms with Gasteiger partial charge in [0.15, 0.2) is 11.0 Å². The van der Waals surface area contributed by atoms with Crippen LogP contribution in [-0.4, -0.2) is 71.4 Å². The number of hydrogen-bond donors (Lipinski definition) is 2. The first kappa shape index (κ1) is 30.4. The lowest BCUT2D eigenvalue weighted by molar-refractivity contribution is -0.113. The van der Waals surface area contributed by atoms with Gasteiger partial charge in [-0.25, -0.2) is 12.8 Å². The van der Waals surface area contributed by atoms with Crippen molar-refractivity contribution in [2.75, 3.05) is 37.4 Å². The Bertz CT molecular complexity index is 1720. The fourth-order valence-corrected chi connectivity index (χ4v) is 6.57. The molecular weight excluding hydrogens is 595 g/mol. The summed E-state index contributed by atoms with van der Waals surface area (Å²) >= 11 is 1.12. The molecule has 0 spiro atoms. The zero-order chi connectivity index (χ0) is 30.4. The van der Waals surface area contributed by atoms with Crippen LogP contribution in [0.1, 0.15) is 21.7 Å². The molecule has 224 valence electrons. The van der Waals surface area contributed by atoms with Crippen molar-refractivity contribution in [3.8, 4) is 5.69 Å². The number of carbonyl (C=O) groups excluding carboxylic acids is 2. The summed E-state index contributed by atoms with van der Waals surface area (Å²) in [5, 5.41) is 14.3. The number of thioether (sulfide) groups is 1. The Labute approximate surface area is 252 Å². The fraction of sp³-hybridized carbons (Fsp3) is 0.241. The van der Waals surface area contributed by atoms with E-state index in [9.17, 15) is 22.4 Å². The molecule has 1 aromatic heterocycles. The van der Waals surface area contributed by atoms with Crippen LogP contribution in [-0.2, 0) is 26.1 Å². The predicted octanol–water partition coefficient (Wildman–Crippen LogP) is 3.40. The van der Waals surface area contributed by atoms with Gasteiger partial charge in [-0.3, -0.25) is 14.2 Å². The van der Waals surface area contributed by atoms with E-state index in [1.54, 1.807) is 10.6 Å². The summed E-state index contributed by atoms with van der Waals surface area (Å²) < 4.78 is 48.1. The SMILES string of the molecule is Cc1cccc(-n2c(CNC(=O)c3ccc(S(=O)(=O)N4CCOCC4)cc3)nnc2SCC(=O)Nc2ccccc2F)c1. The molecule has 0 bridgehead atoms. The molecule has 0 radical (unpaired) electrons. The van der Waals surface area contributed by atoms with Gasteiger partial charge in [0, 0.05) is 24.3 Å². The van der Waals surface area contributed by atoms with Crippen LogP contribution in [0.25, 0.3) is 5.69 Å². The summed E-state index contributed by atoms with van der Waals surface area (Å²) in [6.07, 6.45) is 0. The Morgan fingerprint density at radius 1 is 1.00 bits per heavy atom. The second kappa shape index (κ2) is 13.5. The summed E-state index contributed by atoms with van der Waals surface area (Å²) in [5.41, 5.74) is 2.09. The first-order valence-electron chi connectivity index (χ1n) is 13.4. The summed E-state index contributed by atoms with van der Waals surface area (Å²) in [4.78, 5) is 25.6. The Morgan fingerprint density at radius 3 is 2.47 bits per heavy atom. The normalized spacial score (nSPS) is 13.9. The summed E-state index contributed by atoms with van der Waals surface area (Å²) in [7, 11) is -3.68. The van der Waals surface area contributed by atoms with Gasteiger partial charge in [-0.1, -0.05) is 36.0 Å². The molecule has 2 amide bonds. The van der Waals surface area contributed by atoms with Gasteiger partial charge in [-0.05, 0) is 61.0 Å². The summed E-state index contributed by atoms with van der Waals surface area (Å²) in [6, 6.07) is 19.2. The first-order chi connectivity index (χ1) is 20.7. The van der Waals surface area contributed by atoms with Crippen molar-refractivity contribution >= 4 is 39.3 Å². The number of ether oxygens (including phenoxy) is 1. The van der Waals surface area contributed by atoms with Crippen molar-refractivity contribution in [1.29, 1.82) is 0 Å². The fourth-order valence-electron chi connectivity index (χ4n) is 4.39. The molecule has 43 heavy (non-hydrogen) atoms. The van der Waals surface area contributed by atoms with Crippen LogP contribution in [0.5, 0.6) is 0 Å². The largest absolute Gasteiger partial charge is 0.379 e.